The zero-order valence-electron chi connectivity index (χ0n) is 16.5. The van der Waals surface area contributed by atoms with Gasteiger partial charge in [-0.1, -0.05) is 60.2 Å². The molecule has 0 aliphatic rings. The summed E-state index contributed by atoms with van der Waals surface area (Å²) in [6.07, 6.45) is 0. The fourth-order valence-corrected chi connectivity index (χ4v) is 3.22. The van der Waals surface area contributed by atoms with Gasteiger partial charge in [0, 0.05) is 10.9 Å². The molecule has 0 aliphatic carbocycles. The number of rotatable bonds is 6. The average Bonchev–Trinajstić information content (AvgIpc) is 3.13. The van der Waals surface area contributed by atoms with Crippen LogP contribution in [0.1, 0.15) is 28.4 Å². The molecule has 0 N–H and O–H groups in total. The summed E-state index contributed by atoms with van der Waals surface area (Å²) in [5.74, 6) is 0.777. The second kappa shape index (κ2) is 8.23. The SMILES string of the molecule is CCOC(=O)c1c(-c2ccccc2)oc2ccc(OCc3ccc(C)cc3)cc12. The summed E-state index contributed by atoms with van der Waals surface area (Å²) in [6, 6.07) is 23.3. The standard InChI is InChI=1S/C25H22O4/c1-3-27-25(26)23-21-15-20(28-16-18-11-9-17(2)10-12-18)13-14-22(21)29-24(23)19-7-5-4-6-8-19/h4-15H,3,16H2,1-2H3. The lowest BCUT2D eigenvalue weighted by Gasteiger charge is -2.07. The monoisotopic (exact) mass is 386 g/mol. The van der Waals surface area contributed by atoms with Crippen LogP contribution in [0.25, 0.3) is 22.3 Å². The van der Waals surface area contributed by atoms with E-state index < -0.39 is 5.97 Å². The van der Waals surface area contributed by atoms with Crippen molar-refractivity contribution in [1.29, 1.82) is 0 Å². The Hall–Kier alpha value is -3.53. The first kappa shape index (κ1) is 18.8. The first-order valence-corrected chi connectivity index (χ1v) is 9.63. The summed E-state index contributed by atoms with van der Waals surface area (Å²) in [4.78, 5) is 12.7. The van der Waals surface area contributed by atoms with Crippen molar-refractivity contribution in [3.63, 3.8) is 0 Å². The van der Waals surface area contributed by atoms with Gasteiger partial charge in [0.1, 0.15) is 29.3 Å². The second-order valence-corrected chi connectivity index (χ2v) is 6.82. The summed E-state index contributed by atoms with van der Waals surface area (Å²) in [7, 11) is 0. The van der Waals surface area contributed by atoms with Crippen LogP contribution >= 0.6 is 0 Å². The molecule has 0 bridgehead atoms. The molecule has 0 saturated heterocycles. The number of esters is 1. The van der Waals surface area contributed by atoms with Gasteiger partial charge in [0.15, 0.2) is 0 Å². The molecule has 29 heavy (non-hydrogen) atoms. The van der Waals surface area contributed by atoms with Gasteiger partial charge >= 0.3 is 5.97 Å². The number of aryl methyl sites for hydroxylation is 1. The van der Waals surface area contributed by atoms with E-state index in [1.54, 1.807) is 6.92 Å². The quantitative estimate of drug-likeness (QED) is 0.372. The molecule has 0 spiro atoms. The zero-order valence-corrected chi connectivity index (χ0v) is 16.5. The highest BCUT2D eigenvalue weighted by Gasteiger charge is 2.23. The third-order valence-corrected chi connectivity index (χ3v) is 4.70. The van der Waals surface area contributed by atoms with Crippen molar-refractivity contribution in [1.82, 2.24) is 0 Å². The lowest BCUT2D eigenvalue weighted by Crippen LogP contribution is -2.05. The van der Waals surface area contributed by atoms with Crippen LogP contribution in [0, 0.1) is 6.92 Å². The van der Waals surface area contributed by atoms with Crippen LogP contribution < -0.4 is 4.74 Å². The van der Waals surface area contributed by atoms with Gasteiger partial charge in [-0.25, -0.2) is 4.79 Å². The molecular formula is C25H22O4. The van der Waals surface area contributed by atoms with E-state index in [1.165, 1.54) is 5.56 Å². The lowest BCUT2D eigenvalue weighted by molar-refractivity contribution is 0.0529. The molecule has 4 rings (SSSR count). The van der Waals surface area contributed by atoms with Crippen molar-refractivity contribution in [2.75, 3.05) is 6.61 Å². The van der Waals surface area contributed by atoms with Crippen molar-refractivity contribution >= 4 is 16.9 Å². The first-order chi connectivity index (χ1) is 14.2. The minimum atomic E-state index is -0.402. The minimum Gasteiger partial charge on any atom is -0.489 e. The zero-order chi connectivity index (χ0) is 20.2. The predicted octanol–water partition coefficient (Wildman–Crippen LogP) is 6.16. The molecule has 0 fully saturated rings. The number of hydrogen-bond donors (Lipinski definition) is 0. The van der Waals surface area contributed by atoms with E-state index in [-0.39, 0.29) is 0 Å². The predicted molar refractivity (Wildman–Crippen MR) is 113 cm³/mol. The second-order valence-electron chi connectivity index (χ2n) is 6.82. The molecule has 3 aromatic carbocycles. The fraction of sp³-hybridized carbons (Fsp3) is 0.160. The molecule has 4 heteroatoms. The van der Waals surface area contributed by atoms with Crippen molar-refractivity contribution in [2.45, 2.75) is 20.5 Å². The Morgan fingerprint density at radius 2 is 1.72 bits per heavy atom. The van der Waals surface area contributed by atoms with Crippen LogP contribution in [0.3, 0.4) is 0 Å². The molecule has 4 nitrogen and oxygen atoms in total. The van der Waals surface area contributed by atoms with Crippen LogP contribution in [-0.2, 0) is 11.3 Å². The van der Waals surface area contributed by atoms with Crippen LogP contribution in [-0.4, -0.2) is 12.6 Å². The smallest absolute Gasteiger partial charge is 0.342 e. The van der Waals surface area contributed by atoms with Gasteiger partial charge < -0.3 is 13.9 Å². The number of carbonyl (C=O) groups excluding carboxylic acids is 1. The van der Waals surface area contributed by atoms with E-state index in [2.05, 4.69) is 19.1 Å². The number of carbonyl (C=O) groups is 1. The molecular weight excluding hydrogens is 364 g/mol. The molecule has 4 aromatic rings. The van der Waals surface area contributed by atoms with Crippen LogP contribution in [0.5, 0.6) is 5.75 Å². The molecule has 0 amide bonds. The number of hydrogen-bond acceptors (Lipinski definition) is 4. The lowest BCUT2D eigenvalue weighted by atomic mass is 10.1. The topological polar surface area (TPSA) is 48.7 Å². The molecule has 1 heterocycles. The highest BCUT2D eigenvalue weighted by molar-refractivity contribution is 6.09. The third kappa shape index (κ3) is 4.02. The summed E-state index contributed by atoms with van der Waals surface area (Å²) < 4.78 is 17.3. The Bertz CT molecular complexity index is 1120. The van der Waals surface area contributed by atoms with E-state index in [0.29, 0.717) is 41.3 Å². The van der Waals surface area contributed by atoms with E-state index in [0.717, 1.165) is 11.1 Å². The molecule has 0 atom stereocenters. The fourth-order valence-electron chi connectivity index (χ4n) is 3.22. The largest absolute Gasteiger partial charge is 0.489 e. The van der Waals surface area contributed by atoms with Gasteiger partial charge in [-0.05, 0) is 37.6 Å². The molecule has 0 unspecified atom stereocenters. The summed E-state index contributed by atoms with van der Waals surface area (Å²) >= 11 is 0. The maximum Gasteiger partial charge on any atom is 0.342 e. The molecule has 1 aromatic heterocycles. The van der Waals surface area contributed by atoms with Crippen LogP contribution in [0.4, 0.5) is 0 Å². The maximum absolute atomic E-state index is 12.7. The van der Waals surface area contributed by atoms with Crippen molar-refractivity contribution in [2.24, 2.45) is 0 Å². The summed E-state index contributed by atoms with van der Waals surface area (Å²) in [6.45, 7) is 4.59. The van der Waals surface area contributed by atoms with Gasteiger partial charge in [0.05, 0.1) is 6.61 Å². The highest BCUT2D eigenvalue weighted by atomic mass is 16.5. The average molecular weight is 386 g/mol. The first-order valence-electron chi connectivity index (χ1n) is 9.63. The molecule has 0 saturated carbocycles. The van der Waals surface area contributed by atoms with Crippen LogP contribution in [0.15, 0.2) is 77.2 Å². The Morgan fingerprint density at radius 1 is 0.966 bits per heavy atom. The Labute approximate surface area is 169 Å². The van der Waals surface area contributed by atoms with Crippen LogP contribution in [0.2, 0.25) is 0 Å². The molecule has 0 aliphatic heterocycles. The summed E-state index contributed by atoms with van der Waals surface area (Å²) in [5.41, 5.74) is 4.16. The number of benzene rings is 3. The van der Waals surface area contributed by atoms with Gasteiger partial charge in [-0.3, -0.25) is 0 Å². The number of ether oxygens (including phenoxy) is 2. The van der Waals surface area contributed by atoms with Gasteiger partial charge in [0.25, 0.3) is 0 Å². The molecule has 0 radical (unpaired) electrons. The highest BCUT2D eigenvalue weighted by Crippen LogP contribution is 2.36. The van der Waals surface area contributed by atoms with E-state index in [9.17, 15) is 4.79 Å². The van der Waals surface area contributed by atoms with E-state index in [1.807, 2.05) is 60.7 Å². The Morgan fingerprint density at radius 3 is 2.45 bits per heavy atom. The van der Waals surface area contributed by atoms with Crippen molar-refractivity contribution in [3.8, 4) is 17.1 Å². The molecule has 146 valence electrons. The summed E-state index contributed by atoms with van der Waals surface area (Å²) in [5, 5.41) is 0.684. The number of fused-ring (bicyclic) bond motifs is 1. The van der Waals surface area contributed by atoms with E-state index in [4.69, 9.17) is 13.9 Å². The van der Waals surface area contributed by atoms with Crippen molar-refractivity contribution < 1.29 is 18.7 Å². The normalized spacial score (nSPS) is 10.8. The Balaban J connectivity index is 1.71. The van der Waals surface area contributed by atoms with Crippen molar-refractivity contribution in [3.05, 3.63) is 89.5 Å². The van der Waals surface area contributed by atoms with E-state index >= 15 is 0 Å². The maximum atomic E-state index is 12.7. The van der Waals surface area contributed by atoms with Gasteiger partial charge in [0.2, 0.25) is 0 Å². The number of furan rings is 1. The van der Waals surface area contributed by atoms with Gasteiger partial charge in [-0.2, -0.15) is 0 Å². The van der Waals surface area contributed by atoms with Gasteiger partial charge in [-0.15, -0.1) is 0 Å². The minimum absolute atomic E-state index is 0.295. The Kier molecular flexibility index (Phi) is 5.34. The third-order valence-electron chi connectivity index (χ3n) is 4.70.